The molecule has 1 heterocycles. The van der Waals surface area contributed by atoms with Crippen molar-refractivity contribution in [2.45, 2.75) is 0 Å². The highest BCUT2D eigenvalue weighted by Gasteiger charge is 2.09. The quantitative estimate of drug-likeness (QED) is 0.530. The summed E-state index contributed by atoms with van der Waals surface area (Å²) in [5.41, 5.74) is 0.705. The number of ether oxygens (including phenoxy) is 2. The van der Waals surface area contributed by atoms with Crippen LogP contribution in [0.2, 0.25) is 0 Å². The summed E-state index contributed by atoms with van der Waals surface area (Å²) >= 11 is 1.17. The summed E-state index contributed by atoms with van der Waals surface area (Å²) < 4.78 is 13.8. The van der Waals surface area contributed by atoms with Crippen molar-refractivity contribution >= 4 is 27.9 Å². The summed E-state index contributed by atoms with van der Waals surface area (Å²) in [7, 11) is 1.26. The maximum absolute atomic E-state index is 10.9. The molecule has 1 aromatic carbocycles. The summed E-state index contributed by atoms with van der Waals surface area (Å²) in [4.78, 5) is 10.9. The summed E-state index contributed by atoms with van der Waals surface area (Å²) in [6.07, 6.45) is -0.745. The van der Waals surface area contributed by atoms with Gasteiger partial charge in [-0.25, -0.2) is 4.79 Å². The lowest BCUT2D eigenvalue weighted by Gasteiger charge is -2.01. The molecule has 6 heteroatoms. The van der Waals surface area contributed by atoms with Crippen molar-refractivity contribution in [2.75, 3.05) is 7.11 Å². The van der Waals surface area contributed by atoms with E-state index in [9.17, 15) is 4.79 Å². The zero-order valence-corrected chi connectivity index (χ0v) is 8.08. The second-order valence-electron chi connectivity index (χ2n) is 2.43. The number of aromatic nitrogens is 2. The molecule has 14 heavy (non-hydrogen) atoms. The third kappa shape index (κ3) is 1.51. The maximum atomic E-state index is 10.9. The molecule has 0 radical (unpaired) electrons. The topological polar surface area (TPSA) is 61.3 Å². The first kappa shape index (κ1) is 8.89. The van der Waals surface area contributed by atoms with Crippen molar-refractivity contribution in [1.29, 1.82) is 0 Å². The van der Waals surface area contributed by atoms with Gasteiger partial charge in [-0.1, -0.05) is 10.6 Å². The van der Waals surface area contributed by atoms with E-state index >= 15 is 0 Å². The Labute approximate surface area is 83.4 Å². The zero-order chi connectivity index (χ0) is 9.97. The van der Waals surface area contributed by atoms with Gasteiger partial charge in [0.1, 0.15) is 10.2 Å². The molecule has 0 spiro atoms. The Morgan fingerprint density at radius 3 is 3.14 bits per heavy atom. The molecule has 0 saturated heterocycles. The number of nitrogens with zero attached hydrogens (tertiary/aromatic N) is 2. The molecule has 0 bridgehead atoms. The summed E-state index contributed by atoms with van der Waals surface area (Å²) in [6, 6.07) is 5.20. The maximum Gasteiger partial charge on any atom is 0.513 e. The monoisotopic (exact) mass is 210 g/mol. The zero-order valence-electron chi connectivity index (χ0n) is 7.26. The highest BCUT2D eigenvalue weighted by Crippen LogP contribution is 2.27. The number of hydrogen-bond donors (Lipinski definition) is 0. The van der Waals surface area contributed by atoms with E-state index in [0.717, 1.165) is 4.70 Å². The highest BCUT2D eigenvalue weighted by molar-refractivity contribution is 7.13. The molecule has 72 valence electrons. The molecular formula is C8H6N2O3S. The molecule has 0 saturated carbocycles. The van der Waals surface area contributed by atoms with Gasteiger partial charge in [-0.05, 0) is 23.7 Å². The Hall–Kier alpha value is -1.69. The van der Waals surface area contributed by atoms with Crippen LogP contribution >= 0.6 is 11.5 Å². The van der Waals surface area contributed by atoms with E-state index in [4.69, 9.17) is 4.74 Å². The third-order valence-corrected chi connectivity index (χ3v) is 2.35. The van der Waals surface area contributed by atoms with Gasteiger partial charge >= 0.3 is 6.16 Å². The fourth-order valence-electron chi connectivity index (χ4n) is 0.992. The molecule has 0 unspecified atom stereocenters. The van der Waals surface area contributed by atoms with E-state index in [0.29, 0.717) is 11.3 Å². The number of rotatable bonds is 1. The van der Waals surface area contributed by atoms with Gasteiger partial charge in [0.05, 0.1) is 7.11 Å². The lowest BCUT2D eigenvalue weighted by atomic mass is 10.3. The van der Waals surface area contributed by atoms with Crippen molar-refractivity contribution in [3.05, 3.63) is 18.2 Å². The average Bonchev–Trinajstić information content (AvgIpc) is 2.66. The van der Waals surface area contributed by atoms with Gasteiger partial charge in [0.25, 0.3) is 0 Å². The second kappa shape index (κ2) is 3.59. The van der Waals surface area contributed by atoms with Crippen LogP contribution in [0.15, 0.2) is 18.2 Å². The Bertz CT molecular complexity index is 468. The number of fused-ring (bicyclic) bond motifs is 1. The standard InChI is InChI=1S/C8H6N2O3S/c1-12-8(11)13-6-4-2-3-5-7(6)14-10-9-5/h2-4H,1H3. The lowest BCUT2D eigenvalue weighted by Crippen LogP contribution is -2.07. The minimum atomic E-state index is -0.745. The minimum absolute atomic E-state index is 0.421. The number of hydrogen-bond acceptors (Lipinski definition) is 6. The van der Waals surface area contributed by atoms with Crippen LogP contribution in [-0.2, 0) is 4.74 Å². The van der Waals surface area contributed by atoms with Gasteiger partial charge in [-0.15, -0.1) is 5.10 Å². The molecule has 0 atom stereocenters. The van der Waals surface area contributed by atoms with Crippen LogP contribution in [0.1, 0.15) is 0 Å². The number of carbonyl (C=O) groups excluding carboxylic acids is 1. The van der Waals surface area contributed by atoms with Crippen molar-refractivity contribution < 1.29 is 14.3 Å². The molecule has 0 fully saturated rings. The van der Waals surface area contributed by atoms with Crippen LogP contribution in [0.3, 0.4) is 0 Å². The molecule has 1 aromatic heterocycles. The Kier molecular flexibility index (Phi) is 2.28. The molecule has 5 nitrogen and oxygen atoms in total. The van der Waals surface area contributed by atoms with Crippen molar-refractivity contribution in [3.8, 4) is 5.75 Å². The van der Waals surface area contributed by atoms with Gasteiger partial charge in [0.2, 0.25) is 0 Å². The average molecular weight is 210 g/mol. The molecule has 0 aliphatic carbocycles. The van der Waals surface area contributed by atoms with Crippen LogP contribution in [-0.4, -0.2) is 22.9 Å². The molecule has 2 rings (SSSR count). The highest BCUT2D eigenvalue weighted by atomic mass is 32.1. The van der Waals surface area contributed by atoms with Crippen molar-refractivity contribution in [3.63, 3.8) is 0 Å². The van der Waals surface area contributed by atoms with Crippen molar-refractivity contribution in [1.82, 2.24) is 9.59 Å². The van der Waals surface area contributed by atoms with Crippen LogP contribution < -0.4 is 4.74 Å². The molecule has 2 aromatic rings. The summed E-state index contributed by atoms with van der Waals surface area (Å²) in [5, 5.41) is 3.85. The number of methoxy groups -OCH3 is 1. The normalized spacial score (nSPS) is 10.1. The molecular weight excluding hydrogens is 204 g/mol. The lowest BCUT2D eigenvalue weighted by molar-refractivity contribution is 0.122. The van der Waals surface area contributed by atoms with Gasteiger partial charge in [0, 0.05) is 0 Å². The summed E-state index contributed by atoms with van der Waals surface area (Å²) in [6.45, 7) is 0. The minimum Gasteiger partial charge on any atom is -0.437 e. The Balaban J connectivity index is 2.41. The van der Waals surface area contributed by atoms with Gasteiger partial charge in [0.15, 0.2) is 5.75 Å². The number of benzene rings is 1. The van der Waals surface area contributed by atoms with E-state index in [2.05, 4.69) is 14.3 Å². The Morgan fingerprint density at radius 2 is 2.36 bits per heavy atom. The molecule has 0 aliphatic rings. The third-order valence-electron chi connectivity index (χ3n) is 1.60. The first-order chi connectivity index (χ1) is 6.81. The van der Waals surface area contributed by atoms with E-state index in [1.807, 2.05) is 0 Å². The predicted molar refractivity (Wildman–Crippen MR) is 50.4 cm³/mol. The van der Waals surface area contributed by atoms with E-state index < -0.39 is 6.16 Å². The first-order valence-corrected chi connectivity index (χ1v) is 4.55. The van der Waals surface area contributed by atoms with Crippen LogP contribution in [0.5, 0.6) is 5.75 Å². The fourth-order valence-corrected chi connectivity index (χ4v) is 1.60. The van der Waals surface area contributed by atoms with Gasteiger partial charge in [-0.2, -0.15) is 0 Å². The van der Waals surface area contributed by atoms with Crippen LogP contribution in [0.25, 0.3) is 10.2 Å². The Morgan fingerprint density at radius 1 is 1.50 bits per heavy atom. The van der Waals surface area contributed by atoms with E-state index in [-0.39, 0.29) is 0 Å². The SMILES string of the molecule is COC(=O)Oc1cccc2nnsc12. The molecule has 0 aliphatic heterocycles. The summed E-state index contributed by atoms with van der Waals surface area (Å²) in [5.74, 6) is 0.421. The van der Waals surface area contributed by atoms with Crippen molar-refractivity contribution in [2.24, 2.45) is 0 Å². The fraction of sp³-hybridized carbons (Fsp3) is 0.125. The largest absolute Gasteiger partial charge is 0.513 e. The van der Waals surface area contributed by atoms with Crippen LogP contribution in [0, 0.1) is 0 Å². The van der Waals surface area contributed by atoms with Crippen LogP contribution in [0.4, 0.5) is 4.79 Å². The first-order valence-electron chi connectivity index (χ1n) is 3.78. The van der Waals surface area contributed by atoms with Gasteiger partial charge < -0.3 is 9.47 Å². The van der Waals surface area contributed by atoms with E-state index in [1.165, 1.54) is 18.6 Å². The predicted octanol–water partition coefficient (Wildman–Crippen LogP) is 1.84. The number of carbonyl (C=O) groups is 1. The second-order valence-corrected chi connectivity index (χ2v) is 3.19. The smallest absolute Gasteiger partial charge is 0.437 e. The molecule has 0 amide bonds. The van der Waals surface area contributed by atoms with Gasteiger partial charge in [-0.3, -0.25) is 0 Å². The molecule has 0 N–H and O–H groups in total. The van der Waals surface area contributed by atoms with E-state index in [1.54, 1.807) is 18.2 Å².